The van der Waals surface area contributed by atoms with Gasteiger partial charge in [-0.1, -0.05) is 6.07 Å². The second-order valence-corrected chi connectivity index (χ2v) is 7.58. The Labute approximate surface area is 184 Å². The van der Waals surface area contributed by atoms with Crippen molar-refractivity contribution in [3.8, 4) is 11.3 Å². The minimum atomic E-state index is -4.61. The Hall–Kier alpha value is -4.07. The summed E-state index contributed by atoms with van der Waals surface area (Å²) in [6, 6.07) is 17.3. The highest BCUT2D eigenvalue weighted by atomic mass is 19.4. The number of primary amides is 1. The summed E-state index contributed by atoms with van der Waals surface area (Å²) in [4.78, 5) is 12.1. The molecule has 4 nitrogen and oxygen atoms in total. The molecule has 2 aromatic heterocycles. The quantitative estimate of drug-likeness (QED) is 0.333. The molecule has 0 aliphatic heterocycles. The molecule has 0 atom stereocenters. The molecule has 8 heteroatoms. The first-order chi connectivity index (χ1) is 15.7. The molecule has 0 bridgehead atoms. The van der Waals surface area contributed by atoms with Crippen molar-refractivity contribution in [1.29, 1.82) is 0 Å². The molecule has 0 fully saturated rings. The van der Waals surface area contributed by atoms with E-state index in [9.17, 15) is 22.4 Å². The summed E-state index contributed by atoms with van der Waals surface area (Å²) in [7, 11) is 0. The summed E-state index contributed by atoms with van der Waals surface area (Å²) in [5.74, 6) is -0.867. The van der Waals surface area contributed by atoms with Gasteiger partial charge in [-0.3, -0.25) is 4.79 Å². The zero-order valence-corrected chi connectivity index (χ0v) is 16.9. The lowest BCUT2D eigenvalue weighted by atomic mass is 10.0. The number of nitrogens with two attached hydrogens (primary N) is 1. The molecule has 0 aliphatic carbocycles. The summed E-state index contributed by atoms with van der Waals surface area (Å²) in [6.07, 6.45) is -3.10. The van der Waals surface area contributed by atoms with Crippen LogP contribution in [0.5, 0.6) is 0 Å². The fourth-order valence-electron chi connectivity index (χ4n) is 4.06. The number of hydrogen-bond acceptors (Lipinski definition) is 2. The van der Waals surface area contributed by atoms with E-state index < -0.39 is 23.5 Å². The van der Waals surface area contributed by atoms with Gasteiger partial charge in [0.25, 0.3) is 0 Å². The van der Waals surface area contributed by atoms with Crippen LogP contribution in [0.1, 0.15) is 21.5 Å². The second-order valence-electron chi connectivity index (χ2n) is 7.58. The van der Waals surface area contributed by atoms with E-state index in [1.54, 1.807) is 47.0 Å². The normalized spacial score (nSPS) is 12.0. The first kappa shape index (κ1) is 20.8. The topological polar surface area (TPSA) is 61.2 Å². The number of alkyl halides is 3. The highest BCUT2D eigenvalue weighted by molar-refractivity contribution is 6.18. The Morgan fingerprint density at radius 2 is 1.88 bits per heavy atom. The van der Waals surface area contributed by atoms with Crippen LogP contribution in [0, 0.1) is 11.9 Å². The third-order valence-electron chi connectivity index (χ3n) is 5.57. The Balaban J connectivity index is 1.79. The van der Waals surface area contributed by atoms with E-state index in [1.807, 2.05) is 0 Å². The van der Waals surface area contributed by atoms with Crippen LogP contribution in [0.4, 0.5) is 17.6 Å². The fraction of sp³-hybridized carbons (Fsp3) is 0.0800. The molecule has 0 unspecified atom stereocenters. The molecule has 0 aliphatic rings. The number of hydrogen-bond donors (Lipinski definition) is 1. The highest BCUT2D eigenvalue weighted by Crippen LogP contribution is 2.36. The summed E-state index contributed by atoms with van der Waals surface area (Å²) in [5.41, 5.74) is 6.46. The van der Waals surface area contributed by atoms with Gasteiger partial charge in [0.15, 0.2) is 0 Å². The van der Waals surface area contributed by atoms with E-state index in [1.165, 1.54) is 6.26 Å². The van der Waals surface area contributed by atoms with Crippen molar-refractivity contribution in [3.63, 3.8) is 0 Å². The molecule has 0 spiro atoms. The maximum Gasteiger partial charge on any atom is 0.416 e. The first-order valence-electron chi connectivity index (χ1n) is 9.90. The average molecular weight is 451 g/mol. The van der Waals surface area contributed by atoms with E-state index >= 15 is 0 Å². The number of amides is 1. The maximum atomic E-state index is 14.6. The van der Waals surface area contributed by atoms with Crippen LogP contribution in [0.15, 0.2) is 71.3 Å². The SMILES string of the molecule is NC(=O)c1cccc2c1c1[c]cc(-c3ccco3)cc1n2Cc1cc(C(F)(F)F)ccc1F. The number of benzene rings is 3. The molecule has 3 aromatic carbocycles. The van der Waals surface area contributed by atoms with E-state index in [0.29, 0.717) is 39.2 Å². The molecule has 2 N–H and O–H groups in total. The van der Waals surface area contributed by atoms with E-state index in [-0.39, 0.29) is 17.7 Å². The largest absolute Gasteiger partial charge is 0.464 e. The lowest BCUT2D eigenvalue weighted by molar-refractivity contribution is -0.137. The van der Waals surface area contributed by atoms with E-state index in [0.717, 1.165) is 12.1 Å². The third kappa shape index (κ3) is 3.53. The van der Waals surface area contributed by atoms with Crippen molar-refractivity contribution in [2.75, 3.05) is 0 Å². The van der Waals surface area contributed by atoms with Crippen molar-refractivity contribution in [2.24, 2.45) is 5.73 Å². The molecule has 0 saturated heterocycles. The van der Waals surface area contributed by atoms with Crippen molar-refractivity contribution >= 4 is 27.7 Å². The molecule has 5 rings (SSSR count). The van der Waals surface area contributed by atoms with Crippen molar-refractivity contribution in [1.82, 2.24) is 4.57 Å². The van der Waals surface area contributed by atoms with E-state index in [4.69, 9.17) is 10.2 Å². The standard InChI is InChI=1S/C25H15F4N2O2/c26-19-9-7-16(25(27,28)29)11-15(19)13-31-20-4-1-3-18(24(30)32)23(20)17-8-6-14(12-21(17)31)22-5-2-10-33-22/h1-7,9-12H,13H2,(H2,30,32). The molecule has 2 heterocycles. The number of carbonyl (C=O) groups is 1. The minimum Gasteiger partial charge on any atom is -0.464 e. The predicted molar refractivity (Wildman–Crippen MR) is 115 cm³/mol. The lowest BCUT2D eigenvalue weighted by Crippen LogP contribution is -2.11. The number of carbonyl (C=O) groups excluding carboxylic acids is 1. The van der Waals surface area contributed by atoms with Crippen molar-refractivity contribution < 1.29 is 26.8 Å². The molecule has 1 radical (unpaired) electrons. The lowest BCUT2D eigenvalue weighted by Gasteiger charge is -2.12. The Bertz CT molecular complexity index is 1520. The molecule has 1 amide bonds. The smallest absolute Gasteiger partial charge is 0.416 e. The van der Waals surface area contributed by atoms with Crippen LogP contribution < -0.4 is 5.73 Å². The average Bonchev–Trinajstić information content (AvgIpc) is 3.41. The summed E-state index contributed by atoms with van der Waals surface area (Å²) in [5, 5.41) is 1.04. The van der Waals surface area contributed by atoms with Crippen LogP contribution in [0.2, 0.25) is 0 Å². The molecule has 0 saturated carbocycles. The second kappa shape index (κ2) is 7.51. The third-order valence-corrected chi connectivity index (χ3v) is 5.57. The van der Waals surface area contributed by atoms with Crippen molar-refractivity contribution in [3.05, 3.63) is 95.5 Å². The van der Waals surface area contributed by atoms with Gasteiger partial charge in [0.2, 0.25) is 5.91 Å². The molecule has 165 valence electrons. The predicted octanol–water partition coefficient (Wildman–Crippen LogP) is 6.16. The maximum absolute atomic E-state index is 14.6. The number of rotatable bonds is 4. The first-order valence-corrected chi connectivity index (χ1v) is 9.90. The van der Waals surface area contributed by atoms with Gasteiger partial charge >= 0.3 is 6.18 Å². The van der Waals surface area contributed by atoms with Gasteiger partial charge in [-0.25, -0.2) is 4.39 Å². The number of fused-ring (bicyclic) bond motifs is 3. The highest BCUT2D eigenvalue weighted by Gasteiger charge is 2.31. The van der Waals surface area contributed by atoms with Crippen LogP contribution in [0.3, 0.4) is 0 Å². The van der Waals surface area contributed by atoms with Gasteiger partial charge in [0.05, 0.1) is 29.4 Å². The van der Waals surface area contributed by atoms with Crippen LogP contribution in [-0.4, -0.2) is 10.5 Å². The van der Waals surface area contributed by atoms with Gasteiger partial charge in [0.1, 0.15) is 11.6 Å². The summed E-state index contributed by atoms with van der Waals surface area (Å²) in [6.45, 7) is -0.201. The Morgan fingerprint density at radius 3 is 2.58 bits per heavy atom. The number of aromatic nitrogens is 1. The molecular formula is C25H15F4N2O2. The van der Waals surface area contributed by atoms with Gasteiger partial charge < -0.3 is 14.7 Å². The van der Waals surface area contributed by atoms with Gasteiger partial charge in [-0.15, -0.1) is 0 Å². The van der Waals surface area contributed by atoms with E-state index in [2.05, 4.69) is 6.07 Å². The van der Waals surface area contributed by atoms with Crippen LogP contribution in [0.25, 0.3) is 33.1 Å². The summed E-state index contributed by atoms with van der Waals surface area (Å²) < 4.78 is 61.4. The number of furan rings is 1. The molecule has 33 heavy (non-hydrogen) atoms. The fourth-order valence-corrected chi connectivity index (χ4v) is 4.06. The van der Waals surface area contributed by atoms with Gasteiger partial charge in [-0.2, -0.15) is 13.2 Å². The Kier molecular flexibility index (Phi) is 4.74. The Morgan fingerprint density at radius 1 is 1.06 bits per heavy atom. The van der Waals surface area contributed by atoms with Crippen molar-refractivity contribution in [2.45, 2.75) is 12.7 Å². The van der Waals surface area contributed by atoms with Gasteiger partial charge in [-0.05, 0) is 60.7 Å². The zero-order chi connectivity index (χ0) is 23.3. The number of nitrogens with zero attached hydrogens (tertiary/aromatic N) is 1. The minimum absolute atomic E-state index is 0.142. The van der Waals surface area contributed by atoms with Crippen LogP contribution >= 0.6 is 0 Å². The molecule has 5 aromatic rings. The van der Waals surface area contributed by atoms with Crippen LogP contribution in [-0.2, 0) is 12.7 Å². The summed E-state index contributed by atoms with van der Waals surface area (Å²) >= 11 is 0. The molecular weight excluding hydrogens is 436 g/mol. The zero-order valence-electron chi connectivity index (χ0n) is 16.9. The number of halogens is 4. The monoisotopic (exact) mass is 451 g/mol. The van der Waals surface area contributed by atoms with Gasteiger partial charge in [0, 0.05) is 27.5 Å².